The first-order valence-corrected chi connectivity index (χ1v) is 7.06. The van der Waals surface area contributed by atoms with Crippen molar-refractivity contribution in [2.45, 2.75) is 26.3 Å². The third-order valence-electron chi connectivity index (χ3n) is 3.72. The second-order valence-corrected chi connectivity index (χ2v) is 5.21. The van der Waals surface area contributed by atoms with Gasteiger partial charge in [-0.15, -0.1) is 0 Å². The van der Waals surface area contributed by atoms with E-state index in [2.05, 4.69) is 18.7 Å². The maximum absolute atomic E-state index is 12.2. The minimum absolute atomic E-state index is 0.441. The van der Waals surface area contributed by atoms with Gasteiger partial charge in [0.2, 0.25) is 0 Å². The molecule has 2 amide bonds. The van der Waals surface area contributed by atoms with E-state index < -0.39 is 31.1 Å². The van der Waals surface area contributed by atoms with Crippen molar-refractivity contribution in [3.63, 3.8) is 0 Å². The molecule has 0 aromatic carbocycles. The van der Waals surface area contributed by atoms with Gasteiger partial charge in [0, 0.05) is 32.2 Å². The minimum Gasteiger partial charge on any atom is -0.480 e. The van der Waals surface area contributed by atoms with Crippen molar-refractivity contribution in [3.05, 3.63) is 0 Å². The molecule has 1 unspecified atom stereocenters. The Morgan fingerprint density at radius 1 is 1.05 bits per heavy atom. The van der Waals surface area contributed by atoms with Crippen LogP contribution in [0.3, 0.4) is 0 Å². The summed E-state index contributed by atoms with van der Waals surface area (Å²) in [7, 11) is 0. The Kier molecular flexibility index (Phi) is 6.41. The SMILES string of the molecule is CCC(C)N1CCN(C(=O)N(CC(=O)O)CC(=O)O)CC1. The van der Waals surface area contributed by atoms with Crippen LogP contribution < -0.4 is 0 Å². The van der Waals surface area contributed by atoms with Crippen LogP contribution in [0.2, 0.25) is 0 Å². The standard InChI is InChI=1S/C13H23N3O5/c1-3-10(2)14-4-6-15(7-5-14)13(21)16(8-11(17)18)9-12(19)20/h10H,3-9H2,1-2H3,(H,17,18)(H,19,20). The van der Waals surface area contributed by atoms with Crippen molar-refractivity contribution in [1.29, 1.82) is 0 Å². The Labute approximate surface area is 123 Å². The summed E-state index contributed by atoms with van der Waals surface area (Å²) in [5.41, 5.74) is 0. The smallest absolute Gasteiger partial charge is 0.323 e. The molecule has 8 nitrogen and oxygen atoms in total. The molecule has 120 valence electrons. The Bertz CT molecular complexity index is 377. The van der Waals surface area contributed by atoms with Crippen LogP contribution in [-0.4, -0.2) is 88.2 Å². The van der Waals surface area contributed by atoms with Gasteiger partial charge in [0.1, 0.15) is 13.1 Å². The molecule has 2 N–H and O–H groups in total. The van der Waals surface area contributed by atoms with Gasteiger partial charge in [0.15, 0.2) is 0 Å². The monoisotopic (exact) mass is 301 g/mol. The number of piperazine rings is 1. The molecule has 1 rings (SSSR count). The number of aliphatic carboxylic acids is 2. The van der Waals surface area contributed by atoms with Gasteiger partial charge >= 0.3 is 18.0 Å². The molecular formula is C13H23N3O5. The lowest BCUT2D eigenvalue weighted by Crippen LogP contribution is -2.55. The molecule has 1 saturated heterocycles. The van der Waals surface area contributed by atoms with Crippen LogP contribution in [0.15, 0.2) is 0 Å². The third kappa shape index (κ3) is 5.22. The first-order chi connectivity index (χ1) is 9.85. The Morgan fingerprint density at radius 3 is 1.90 bits per heavy atom. The van der Waals surface area contributed by atoms with Gasteiger partial charge in [0.25, 0.3) is 0 Å². The van der Waals surface area contributed by atoms with Gasteiger partial charge in [0.05, 0.1) is 0 Å². The maximum atomic E-state index is 12.2. The number of carbonyl (C=O) groups excluding carboxylic acids is 1. The molecule has 21 heavy (non-hydrogen) atoms. The second kappa shape index (κ2) is 7.82. The van der Waals surface area contributed by atoms with E-state index in [9.17, 15) is 14.4 Å². The third-order valence-corrected chi connectivity index (χ3v) is 3.72. The number of hydrogen-bond donors (Lipinski definition) is 2. The largest absolute Gasteiger partial charge is 0.480 e. The fourth-order valence-electron chi connectivity index (χ4n) is 2.33. The number of urea groups is 1. The van der Waals surface area contributed by atoms with Gasteiger partial charge in [-0.2, -0.15) is 0 Å². The summed E-state index contributed by atoms with van der Waals surface area (Å²) in [5.74, 6) is -2.44. The lowest BCUT2D eigenvalue weighted by atomic mass is 10.2. The van der Waals surface area contributed by atoms with Crippen LogP contribution in [0.1, 0.15) is 20.3 Å². The normalized spacial score (nSPS) is 17.3. The molecule has 1 atom stereocenters. The van der Waals surface area contributed by atoms with E-state index in [0.717, 1.165) is 11.3 Å². The van der Waals surface area contributed by atoms with E-state index in [1.807, 2.05) is 0 Å². The number of rotatable bonds is 6. The van der Waals surface area contributed by atoms with Gasteiger partial charge in [-0.1, -0.05) is 6.92 Å². The highest BCUT2D eigenvalue weighted by Gasteiger charge is 2.28. The first-order valence-electron chi connectivity index (χ1n) is 7.06. The second-order valence-electron chi connectivity index (χ2n) is 5.21. The summed E-state index contributed by atoms with van der Waals surface area (Å²) in [4.78, 5) is 38.3. The predicted molar refractivity (Wildman–Crippen MR) is 75.1 cm³/mol. The summed E-state index contributed by atoms with van der Waals surface area (Å²) >= 11 is 0. The number of carbonyl (C=O) groups is 3. The molecule has 1 fully saturated rings. The highest BCUT2D eigenvalue weighted by atomic mass is 16.4. The zero-order valence-corrected chi connectivity index (χ0v) is 12.5. The van der Waals surface area contributed by atoms with E-state index in [1.54, 1.807) is 0 Å². The zero-order chi connectivity index (χ0) is 16.0. The molecule has 1 aliphatic heterocycles. The molecule has 0 aliphatic carbocycles. The van der Waals surface area contributed by atoms with Crippen LogP contribution in [-0.2, 0) is 9.59 Å². The van der Waals surface area contributed by atoms with Crippen LogP contribution in [0, 0.1) is 0 Å². The number of hydrogen-bond acceptors (Lipinski definition) is 4. The number of amides is 2. The Balaban J connectivity index is 2.60. The van der Waals surface area contributed by atoms with E-state index in [0.29, 0.717) is 32.2 Å². The topological polar surface area (TPSA) is 101 Å². The van der Waals surface area contributed by atoms with Crippen LogP contribution in [0.25, 0.3) is 0 Å². The molecule has 0 bridgehead atoms. The fraction of sp³-hybridized carbons (Fsp3) is 0.769. The average Bonchev–Trinajstić information content (AvgIpc) is 2.44. The summed E-state index contributed by atoms with van der Waals surface area (Å²) in [5, 5.41) is 17.6. The predicted octanol–water partition coefficient (Wildman–Crippen LogP) is -0.00630. The number of carboxylic acids is 2. The molecule has 0 radical (unpaired) electrons. The summed E-state index contributed by atoms with van der Waals surface area (Å²) in [6.07, 6.45) is 1.03. The lowest BCUT2D eigenvalue weighted by molar-refractivity contribution is -0.140. The summed E-state index contributed by atoms with van der Waals surface area (Å²) in [6, 6.07) is -0.0833. The fourth-order valence-corrected chi connectivity index (χ4v) is 2.33. The maximum Gasteiger partial charge on any atom is 0.323 e. The molecule has 0 spiro atoms. The number of carboxylic acid groups (broad SMARTS) is 2. The number of nitrogens with zero attached hydrogens (tertiary/aromatic N) is 3. The Morgan fingerprint density at radius 2 is 1.52 bits per heavy atom. The van der Waals surface area contributed by atoms with E-state index in [-0.39, 0.29) is 0 Å². The van der Waals surface area contributed by atoms with Crippen molar-refractivity contribution >= 4 is 18.0 Å². The quantitative estimate of drug-likeness (QED) is 0.716. The van der Waals surface area contributed by atoms with Gasteiger partial charge in [-0.3, -0.25) is 14.5 Å². The van der Waals surface area contributed by atoms with Crippen molar-refractivity contribution in [3.8, 4) is 0 Å². The molecule has 0 aromatic heterocycles. The van der Waals surface area contributed by atoms with E-state index in [4.69, 9.17) is 10.2 Å². The summed E-state index contributed by atoms with van der Waals surface area (Å²) < 4.78 is 0. The van der Waals surface area contributed by atoms with Crippen molar-refractivity contribution < 1.29 is 24.6 Å². The van der Waals surface area contributed by atoms with E-state index >= 15 is 0 Å². The molecule has 1 heterocycles. The van der Waals surface area contributed by atoms with Crippen LogP contribution >= 0.6 is 0 Å². The lowest BCUT2D eigenvalue weighted by Gasteiger charge is -2.39. The molecule has 8 heteroatoms. The van der Waals surface area contributed by atoms with Crippen molar-refractivity contribution in [1.82, 2.24) is 14.7 Å². The molecule has 0 saturated carbocycles. The zero-order valence-electron chi connectivity index (χ0n) is 12.5. The van der Waals surface area contributed by atoms with Gasteiger partial charge < -0.3 is 20.0 Å². The minimum atomic E-state index is -1.22. The van der Waals surface area contributed by atoms with Gasteiger partial charge in [-0.05, 0) is 13.3 Å². The molecular weight excluding hydrogens is 278 g/mol. The van der Waals surface area contributed by atoms with Crippen molar-refractivity contribution in [2.24, 2.45) is 0 Å². The van der Waals surface area contributed by atoms with Crippen LogP contribution in [0.4, 0.5) is 4.79 Å². The average molecular weight is 301 g/mol. The molecule has 0 aromatic rings. The summed E-state index contributed by atoms with van der Waals surface area (Å²) in [6.45, 7) is 5.43. The van der Waals surface area contributed by atoms with Crippen molar-refractivity contribution in [2.75, 3.05) is 39.3 Å². The highest BCUT2D eigenvalue weighted by Crippen LogP contribution is 2.10. The molecule has 1 aliphatic rings. The van der Waals surface area contributed by atoms with Gasteiger partial charge in [-0.25, -0.2) is 4.79 Å². The first kappa shape index (κ1) is 17.2. The van der Waals surface area contributed by atoms with E-state index in [1.165, 1.54) is 4.90 Å². The van der Waals surface area contributed by atoms with Crippen LogP contribution in [0.5, 0.6) is 0 Å². The Hall–Kier alpha value is -1.83. The highest BCUT2D eigenvalue weighted by molar-refractivity contribution is 5.84.